The Morgan fingerprint density at radius 3 is 2.00 bits per heavy atom. The molecule has 3 heteroatoms. The van der Waals surface area contributed by atoms with Gasteiger partial charge in [-0.1, -0.05) is 0 Å². The predicted octanol–water partition coefficient (Wildman–Crippen LogP) is -1.08. The summed E-state index contributed by atoms with van der Waals surface area (Å²) in [5.74, 6) is 0. The van der Waals surface area contributed by atoms with Gasteiger partial charge in [-0.2, -0.15) is 0 Å². The first kappa shape index (κ1) is 2.63. The minimum atomic E-state index is 0.889. The maximum Gasteiger partial charge on any atom is 0.350 e. The molecule has 0 aliphatic carbocycles. The van der Waals surface area contributed by atoms with Gasteiger partial charge in [0.05, 0.1) is 0 Å². The van der Waals surface area contributed by atoms with Crippen LogP contribution in [0.2, 0.25) is 0 Å². The van der Waals surface area contributed by atoms with Crippen LogP contribution in [0.4, 0.5) is 0 Å². The van der Waals surface area contributed by atoms with Crippen LogP contribution >= 0.6 is 0 Å². The van der Waals surface area contributed by atoms with Crippen molar-refractivity contribution in [2.45, 2.75) is 0 Å². The van der Waals surface area contributed by atoms with E-state index in [-0.39, 0.29) is 0 Å². The van der Waals surface area contributed by atoms with Crippen LogP contribution in [0.25, 0.3) is 0 Å². The summed E-state index contributed by atoms with van der Waals surface area (Å²) in [6.07, 6.45) is 3.75. The highest BCUT2D eigenvalue weighted by Gasteiger charge is 1.83. The average Bonchev–Trinajstić information content (AvgIpc) is 1.76. The van der Waals surface area contributed by atoms with E-state index in [2.05, 4.69) is 10.5 Å². The Labute approximate surface area is 31.5 Å². The standard InChI is InChI=1S/C2H5BN2/c1-2-5-3-4-1/h1-5H. The van der Waals surface area contributed by atoms with Gasteiger partial charge in [0.1, 0.15) is 0 Å². The molecule has 0 fully saturated rings. The molecule has 0 spiro atoms. The maximum absolute atomic E-state index is 2.93. The Balaban J connectivity index is 2.32. The molecule has 0 amide bonds. The van der Waals surface area contributed by atoms with E-state index in [1.165, 1.54) is 0 Å². The van der Waals surface area contributed by atoms with Crippen molar-refractivity contribution in [3.63, 3.8) is 0 Å². The van der Waals surface area contributed by atoms with Crippen molar-refractivity contribution in [2.24, 2.45) is 0 Å². The molecule has 0 aromatic heterocycles. The Bertz CT molecular complexity index is 45.6. The first-order valence-electron chi connectivity index (χ1n) is 1.62. The minimum Gasteiger partial charge on any atom is -0.417 e. The first-order valence-corrected chi connectivity index (χ1v) is 1.62. The molecule has 0 aromatic rings. The third kappa shape index (κ3) is 0.346. The van der Waals surface area contributed by atoms with Crippen LogP contribution in [0.15, 0.2) is 12.4 Å². The van der Waals surface area contributed by atoms with Crippen molar-refractivity contribution >= 4 is 7.55 Å². The van der Waals surface area contributed by atoms with E-state index in [9.17, 15) is 0 Å². The maximum atomic E-state index is 2.93. The van der Waals surface area contributed by atoms with Gasteiger partial charge in [-0.05, 0) is 0 Å². The minimum absolute atomic E-state index is 0.889. The Kier molecular flexibility index (Phi) is 0.534. The Hall–Kier alpha value is -0.595. The van der Waals surface area contributed by atoms with Crippen LogP contribution in [-0.2, 0) is 0 Å². The average molecular weight is 67.9 g/mol. The SMILES string of the molecule is B1NC=CN1. The third-order valence-electron chi connectivity index (χ3n) is 0.523. The van der Waals surface area contributed by atoms with E-state index in [1.807, 2.05) is 12.4 Å². The monoisotopic (exact) mass is 68.1 g/mol. The lowest BCUT2D eigenvalue weighted by atomic mass is 10.2. The predicted molar refractivity (Wildman–Crippen MR) is 22.6 cm³/mol. The molecule has 0 atom stereocenters. The van der Waals surface area contributed by atoms with E-state index in [1.54, 1.807) is 0 Å². The summed E-state index contributed by atoms with van der Waals surface area (Å²) < 4.78 is 0. The van der Waals surface area contributed by atoms with Gasteiger partial charge in [0.2, 0.25) is 0 Å². The fourth-order valence-corrected chi connectivity index (χ4v) is 0.295. The van der Waals surface area contributed by atoms with Crippen LogP contribution in [0.3, 0.4) is 0 Å². The molecule has 0 bridgehead atoms. The third-order valence-corrected chi connectivity index (χ3v) is 0.523. The largest absolute Gasteiger partial charge is 0.417 e. The normalized spacial score (nSPS) is 16.0. The van der Waals surface area contributed by atoms with E-state index in [4.69, 9.17) is 0 Å². The number of nitrogens with one attached hydrogen (secondary N) is 2. The molecule has 2 nitrogen and oxygen atoms in total. The molecule has 5 heavy (non-hydrogen) atoms. The fourth-order valence-electron chi connectivity index (χ4n) is 0.295. The first-order chi connectivity index (χ1) is 2.50. The van der Waals surface area contributed by atoms with E-state index >= 15 is 0 Å². The molecule has 0 saturated carbocycles. The smallest absolute Gasteiger partial charge is 0.350 e. The zero-order valence-corrected chi connectivity index (χ0v) is 2.86. The van der Waals surface area contributed by atoms with E-state index < -0.39 is 0 Å². The summed E-state index contributed by atoms with van der Waals surface area (Å²) >= 11 is 0. The van der Waals surface area contributed by atoms with Gasteiger partial charge in [0.25, 0.3) is 0 Å². The van der Waals surface area contributed by atoms with E-state index in [0.29, 0.717) is 0 Å². The molecule has 0 radical (unpaired) electrons. The van der Waals surface area contributed by atoms with E-state index in [0.717, 1.165) is 7.55 Å². The molecule has 1 heterocycles. The topological polar surface area (TPSA) is 24.1 Å². The Morgan fingerprint density at radius 1 is 1.20 bits per heavy atom. The van der Waals surface area contributed by atoms with Crippen molar-refractivity contribution < 1.29 is 0 Å². The lowest BCUT2D eigenvalue weighted by Gasteiger charge is -1.77. The molecule has 1 aliphatic rings. The molecule has 0 aromatic carbocycles. The molecule has 1 aliphatic heterocycles. The molecule has 0 saturated heterocycles. The number of rotatable bonds is 0. The van der Waals surface area contributed by atoms with Crippen molar-refractivity contribution in [2.75, 3.05) is 0 Å². The summed E-state index contributed by atoms with van der Waals surface area (Å²) in [5, 5.41) is 5.86. The summed E-state index contributed by atoms with van der Waals surface area (Å²) in [5.41, 5.74) is 0. The summed E-state index contributed by atoms with van der Waals surface area (Å²) in [6.45, 7) is 0. The highest BCUT2D eigenvalue weighted by atomic mass is 14.9. The second kappa shape index (κ2) is 1.01. The number of hydrogen-bond donors (Lipinski definition) is 2. The fraction of sp³-hybridized carbons (Fsp3) is 0. The van der Waals surface area contributed by atoms with Crippen molar-refractivity contribution in [3.8, 4) is 0 Å². The van der Waals surface area contributed by atoms with Gasteiger partial charge in [-0.25, -0.2) is 0 Å². The van der Waals surface area contributed by atoms with Gasteiger partial charge >= 0.3 is 7.55 Å². The lowest BCUT2D eigenvalue weighted by Crippen LogP contribution is -2.16. The van der Waals surface area contributed by atoms with Crippen LogP contribution < -0.4 is 10.5 Å². The number of hydrogen-bond acceptors (Lipinski definition) is 2. The van der Waals surface area contributed by atoms with Gasteiger partial charge in [0, 0.05) is 12.4 Å². The molecular weight excluding hydrogens is 62.8 g/mol. The van der Waals surface area contributed by atoms with Crippen LogP contribution in [-0.4, -0.2) is 7.55 Å². The van der Waals surface area contributed by atoms with Crippen molar-refractivity contribution in [1.82, 2.24) is 10.5 Å². The second-order valence-electron chi connectivity index (χ2n) is 0.918. The van der Waals surface area contributed by atoms with Crippen molar-refractivity contribution in [1.29, 1.82) is 0 Å². The van der Waals surface area contributed by atoms with Crippen LogP contribution in [0.5, 0.6) is 0 Å². The van der Waals surface area contributed by atoms with Gasteiger partial charge in [-0.3, -0.25) is 0 Å². The zero-order chi connectivity index (χ0) is 3.54. The quantitative estimate of drug-likeness (QED) is 0.353. The zero-order valence-electron chi connectivity index (χ0n) is 2.86. The van der Waals surface area contributed by atoms with Gasteiger partial charge < -0.3 is 10.5 Å². The summed E-state index contributed by atoms with van der Waals surface area (Å²) in [4.78, 5) is 0. The highest BCUT2D eigenvalue weighted by Crippen LogP contribution is 1.62. The van der Waals surface area contributed by atoms with Gasteiger partial charge in [0.15, 0.2) is 0 Å². The molecule has 0 unspecified atom stereocenters. The van der Waals surface area contributed by atoms with Crippen molar-refractivity contribution in [3.05, 3.63) is 12.4 Å². The highest BCUT2D eigenvalue weighted by molar-refractivity contribution is 6.30. The molecule has 2 N–H and O–H groups in total. The lowest BCUT2D eigenvalue weighted by molar-refractivity contribution is 1.37. The summed E-state index contributed by atoms with van der Waals surface area (Å²) in [7, 11) is 0.889. The van der Waals surface area contributed by atoms with Gasteiger partial charge in [-0.15, -0.1) is 0 Å². The molecular formula is C2H5BN2. The Morgan fingerprint density at radius 2 is 1.80 bits per heavy atom. The van der Waals surface area contributed by atoms with Crippen LogP contribution in [0, 0.1) is 0 Å². The van der Waals surface area contributed by atoms with Crippen LogP contribution in [0.1, 0.15) is 0 Å². The molecule has 26 valence electrons. The second-order valence-corrected chi connectivity index (χ2v) is 0.918. The summed E-state index contributed by atoms with van der Waals surface area (Å²) in [6, 6.07) is 0. The molecule has 1 rings (SSSR count).